The van der Waals surface area contributed by atoms with Crippen LogP contribution < -0.4 is 16.2 Å². The Balaban J connectivity index is 2.38. The molecule has 102 valence electrons. The highest BCUT2D eigenvalue weighted by atomic mass is 16.5. The molecule has 2 aromatic carbocycles. The molecule has 0 heterocycles. The first-order valence-corrected chi connectivity index (χ1v) is 5.96. The molecular formula is C15H14N2O3. The van der Waals surface area contributed by atoms with E-state index in [1.165, 1.54) is 13.0 Å². The number of Topliss-reactive ketones (excluding diaryl/α,β-unsaturated/α-hetero) is 1. The predicted molar refractivity (Wildman–Crippen MR) is 75.9 cm³/mol. The Labute approximate surface area is 116 Å². The summed E-state index contributed by atoms with van der Waals surface area (Å²) >= 11 is 0. The molecule has 0 fully saturated rings. The number of para-hydroxylation sites is 1. The lowest BCUT2D eigenvalue weighted by Gasteiger charge is -2.10. The van der Waals surface area contributed by atoms with Gasteiger partial charge in [0.2, 0.25) is 0 Å². The number of ether oxygens (including phenoxy) is 1. The Kier molecular flexibility index (Phi) is 3.70. The largest absolute Gasteiger partial charge is 0.457 e. The van der Waals surface area contributed by atoms with Crippen LogP contribution in [0.25, 0.3) is 0 Å². The Morgan fingerprint density at radius 1 is 1.05 bits per heavy atom. The zero-order valence-corrected chi connectivity index (χ0v) is 10.9. The van der Waals surface area contributed by atoms with E-state index in [0.717, 1.165) is 0 Å². The van der Waals surface area contributed by atoms with Crippen LogP contribution in [0.1, 0.15) is 27.6 Å². The Hall–Kier alpha value is -2.82. The summed E-state index contributed by atoms with van der Waals surface area (Å²) < 4.78 is 5.61. The van der Waals surface area contributed by atoms with E-state index in [1.54, 1.807) is 36.4 Å². The van der Waals surface area contributed by atoms with Crippen LogP contribution >= 0.6 is 0 Å². The maximum atomic E-state index is 11.4. The molecule has 0 atom stereocenters. The lowest BCUT2D eigenvalue weighted by molar-refractivity contribution is 0.0993. The standard InChI is InChI=1S/C15H14N2O3/c1-9(18)12-8-10(6-7-13(12)16)20-14-5-3-2-4-11(14)15(17)19/h2-8H,16H2,1H3,(H2,17,19). The number of hydrogen-bond acceptors (Lipinski definition) is 4. The van der Waals surface area contributed by atoms with Crippen LogP contribution in [0.3, 0.4) is 0 Å². The van der Waals surface area contributed by atoms with Gasteiger partial charge in [0, 0.05) is 11.3 Å². The molecule has 0 aromatic heterocycles. The van der Waals surface area contributed by atoms with Crippen molar-refractivity contribution in [3.05, 3.63) is 53.6 Å². The summed E-state index contributed by atoms with van der Waals surface area (Å²) in [6, 6.07) is 11.4. The number of hydrogen-bond donors (Lipinski definition) is 2. The number of rotatable bonds is 4. The van der Waals surface area contributed by atoms with E-state index in [4.69, 9.17) is 16.2 Å². The van der Waals surface area contributed by atoms with E-state index in [9.17, 15) is 9.59 Å². The van der Waals surface area contributed by atoms with Crippen LogP contribution in [0.15, 0.2) is 42.5 Å². The number of primary amides is 1. The van der Waals surface area contributed by atoms with E-state index in [1.807, 2.05) is 0 Å². The van der Waals surface area contributed by atoms with Gasteiger partial charge < -0.3 is 16.2 Å². The fourth-order valence-corrected chi connectivity index (χ4v) is 1.79. The van der Waals surface area contributed by atoms with Crippen LogP contribution in [0.5, 0.6) is 11.5 Å². The SMILES string of the molecule is CC(=O)c1cc(Oc2ccccc2C(N)=O)ccc1N. The average molecular weight is 270 g/mol. The number of anilines is 1. The van der Waals surface area contributed by atoms with E-state index in [-0.39, 0.29) is 11.3 Å². The molecule has 4 N–H and O–H groups in total. The van der Waals surface area contributed by atoms with Crippen LogP contribution in [-0.2, 0) is 0 Å². The van der Waals surface area contributed by atoms with E-state index < -0.39 is 5.91 Å². The van der Waals surface area contributed by atoms with Gasteiger partial charge in [-0.1, -0.05) is 12.1 Å². The molecule has 1 amide bonds. The summed E-state index contributed by atoms with van der Waals surface area (Å²) in [5.74, 6) is 0.0105. The normalized spacial score (nSPS) is 10.1. The Morgan fingerprint density at radius 2 is 1.75 bits per heavy atom. The third kappa shape index (κ3) is 2.77. The molecule has 0 saturated heterocycles. The first-order chi connectivity index (χ1) is 9.49. The van der Waals surface area contributed by atoms with Crippen LogP contribution in [0, 0.1) is 0 Å². The molecule has 0 aliphatic heterocycles. The molecule has 20 heavy (non-hydrogen) atoms. The van der Waals surface area contributed by atoms with Crippen molar-refractivity contribution in [3.8, 4) is 11.5 Å². The predicted octanol–water partition coefficient (Wildman–Crippen LogP) is 2.36. The zero-order chi connectivity index (χ0) is 14.7. The second kappa shape index (κ2) is 5.44. The van der Waals surface area contributed by atoms with Crippen molar-refractivity contribution in [1.82, 2.24) is 0 Å². The monoisotopic (exact) mass is 270 g/mol. The lowest BCUT2D eigenvalue weighted by Crippen LogP contribution is -2.12. The number of carbonyl (C=O) groups excluding carboxylic acids is 2. The molecule has 0 radical (unpaired) electrons. The third-order valence-corrected chi connectivity index (χ3v) is 2.78. The fourth-order valence-electron chi connectivity index (χ4n) is 1.79. The molecule has 0 unspecified atom stereocenters. The van der Waals surface area contributed by atoms with Crippen molar-refractivity contribution in [3.63, 3.8) is 0 Å². The van der Waals surface area contributed by atoms with Gasteiger partial charge in [0.1, 0.15) is 11.5 Å². The molecule has 2 rings (SSSR count). The Bertz CT molecular complexity index is 681. The van der Waals surface area contributed by atoms with Gasteiger partial charge >= 0.3 is 0 Å². The fraction of sp³-hybridized carbons (Fsp3) is 0.0667. The number of benzene rings is 2. The third-order valence-electron chi connectivity index (χ3n) is 2.78. The van der Waals surface area contributed by atoms with Crippen LogP contribution in [0.2, 0.25) is 0 Å². The van der Waals surface area contributed by atoms with Gasteiger partial charge in [-0.2, -0.15) is 0 Å². The summed E-state index contributed by atoms with van der Waals surface area (Å²) in [6.45, 7) is 1.42. The van der Waals surface area contributed by atoms with Crippen molar-refractivity contribution in [2.75, 3.05) is 5.73 Å². The van der Waals surface area contributed by atoms with Gasteiger partial charge in [-0.15, -0.1) is 0 Å². The smallest absolute Gasteiger partial charge is 0.252 e. The molecule has 0 saturated carbocycles. The summed E-state index contributed by atoms with van der Waals surface area (Å²) in [5.41, 5.74) is 12.0. The summed E-state index contributed by atoms with van der Waals surface area (Å²) in [4.78, 5) is 22.7. The maximum absolute atomic E-state index is 11.4. The number of ketones is 1. The molecule has 5 nitrogen and oxygen atoms in total. The van der Waals surface area contributed by atoms with Crippen molar-refractivity contribution >= 4 is 17.4 Å². The van der Waals surface area contributed by atoms with Crippen LogP contribution in [-0.4, -0.2) is 11.7 Å². The molecule has 5 heteroatoms. The van der Waals surface area contributed by atoms with Crippen molar-refractivity contribution in [2.24, 2.45) is 5.73 Å². The maximum Gasteiger partial charge on any atom is 0.252 e. The first-order valence-electron chi connectivity index (χ1n) is 5.96. The minimum atomic E-state index is -0.581. The topological polar surface area (TPSA) is 95.4 Å². The van der Waals surface area contributed by atoms with Crippen LogP contribution in [0.4, 0.5) is 5.69 Å². The summed E-state index contributed by atoms with van der Waals surface area (Å²) in [7, 11) is 0. The Morgan fingerprint density at radius 3 is 2.40 bits per heavy atom. The number of amides is 1. The number of nitrogen functional groups attached to an aromatic ring is 1. The molecule has 0 aliphatic carbocycles. The lowest BCUT2D eigenvalue weighted by atomic mass is 10.1. The van der Waals surface area contributed by atoms with Gasteiger partial charge in [0.05, 0.1) is 5.56 Å². The second-order valence-electron chi connectivity index (χ2n) is 4.27. The van der Waals surface area contributed by atoms with E-state index >= 15 is 0 Å². The average Bonchev–Trinajstić information content (AvgIpc) is 2.41. The van der Waals surface area contributed by atoms with Gasteiger partial charge in [0.15, 0.2) is 5.78 Å². The highest BCUT2D eigenvalue weighted by Gasteiger charge is 2.11. The minimum Gasteiger partial charge on any atom is -0.457 e. The molecule has 0 aliphatic rings. The van der Waals surface area contributed by atoms with Gasteiger partial charge in [-0.3, -0.25) is 9.59 Å². The van der Waals surface area contributed by atoms with Gasteiger partial charge in [0.25, 0.3) is 5.91 Å². The molecule has 2 aromatic rings. The number of carbonyl (C=O) groups is 2. The molecular weight excluding hydrogens is 256 g/mol. The van der Waals surface area contributed by atoms with Crippen molar-refractivity contribution in [2.45, 2.75) is 6.92 Å². The first kappa shape index (κ1) is 13.6. The molecule has 0 bridgehead atoms. The van der Waals surface area contributed by atoms with Gasteiger partial charge in [-0.05, 0) is 37.3 Å². The highest BCUT2D eigenvalue weighted by Crippen LogP contribution is 2.27. The van der Waals surface area contributed by atoms with Gasteiger partial charge in [-0.25, -0.2) is 0 Å². The summed E-state index contributed by atoms with van der Waals surface area (Å²) in [5, 5.41) is 0. The molecule has 0 spiro atoms. The van der Waals surface area contributed by atoms with Crippen molar-refractivity contribution < 1.29 is 14.3 Å². The number of nitrogens with two attached hydrogens (primary N) is 2. The zero-order valence-electron chi connectivity index (χ0n) is 10.9. The summed E-state index contributed by atoms with van der Waals surface area (Å²) in [6.07, 6.45) is 0. The van der Waals surface area contributed by atoms with E-state index in [2.05, 4.69) is 0 Å². The van der Waals surface area contributed by atoms with E-state index in [0.29, 0.717) is 22.7 Å². The minimum absolute atomic E-state index is 0.156. The highest BCUT2D eigenvalue weighted by molar-refractivity contribution is 5.99. The second-order valence-corrected chi connectivity index (χ2v) is 4.27. The van der Waals surface area contributed by atoms with Crippen molar-refractivity contribution in [1.29, 1.82) is 0 Å². The quantitative estimate of drug-likeness (QED) is 0.658.